The predicted octanol–water partition coefficient (Wildman–Crippen LogP) is 4.73. The van der Waals surface area contributed by atoms with Crippen molar-refractivity contribution in [2.75, 3.05) is 13.2 Å². The first-order valence-electron chi connectivity index (χ1n) is 8.80. The summed E-state index contributed by atoms with van der Waals surface area (Å²) in [6, 6.07) is 13.3. The highest BCUT2D eigenvalue weighted by molar-refractivity contribution is 6.32. The summed E-state index contributed by atoms with van der Waals surface area (Å²) in [5.74, 6) is 1.51. The molecular formula is C21H26ClNO3. The minimum Gasteiger partial charge on any atom is -0.490 e. The number of amides is 1. The third-order valence-corrected chi connectivity index (χ3v) is 4.27. The molecule has 0 aliphatic rings. The number of halogens is 1. The minimum absolute atomic E-state index is 0.177. The molecule has 5 heteroatoms. The van der Waals surface area contributed by atoms with Gasteiger partial charge in [0.15, 0.2) is 6.10 Å². The average molecular weight is 376 g/mol. The number of aryl methyl sites for hydroxylation is 1. The highest BCUT2D eigenvalue weighted by Crippen LogP contribution is 2.28. The van der Waals surface area contributed by atoms with E-state index in [1.165, 1.54) is 0 Å². The SMILES string of the molecule is Cc1ccc(C(C)C)c(OC(C)C(=O)NCCOc2ccccc2Cl)c1. The monoisotopic (exact) mass is 375 g/mol. The van der Waals surface area contributed by atoms with Crippen LogP contribution in [0.25, 0.3) is 0 Å². The van der Waals surface area contributed by atoms with Crippen LogP contribution >= 0.6 is 11.6 Å². The van der Waals surface area contributed by atoms with Crippen LogP contribution < -0.4 is 14.8 Å². The molecule has 2 rings (SSSR count). The van der Waals surface area contributed by atoms with Gasteiger partial charge in [-0.05, 0) is 49.1 Å². The van der Waals surface area contributed by atoms with E-state index < -0.39 is 6.10 Å². The summed E-state index contributed by atoms with van der Waals surface area (Å²) in [6.45, 7) is 8.68. The first-order chi connectivity index (χ1) is 12.4. The lowest BCUT2D eigenvalue weighted by atomic mass is 10.0. The van der Waals surface area contributed by atoms with Gasteiger partial charge in [-0.1, -0.05) is 49.7 Å². The number of benzene rings is 2. The Morgan fingerprint density at radius 2 is 1.85 bits per heavy atom. The number of para-hydroxylation sites is 1. The van der Waals surface area contributed by atoms with E-state index in [0.717, 1.165) is 16.9 Å². The number of carbonyl (C=O) groups excluding carboxylic acids is 1. The fourth-order valence-electron chi connectivity index (χ4n) is 2.51. The Hall–Kier alpha value is -2.20. The van der Waals surface area contributed by atoms with Crippen molar-refractivity contribution >= 4 is 17.5 Å². The molecule has 0 aromatic heterocycles. The van der Waals surface area contributed by atoms with Crippen LogP contribution in [0.1, 0.15) is 37.8 Å². The summed E-state index contributed by atoms with van der Waals surface area (Å²) < 4.78 is 11.5. The topological polar surface area (TPSA) is 47.6 Å². The van der Waals surface area contributed by atoms with Crippen LogP contribution in [0.5, 0.6) is 11.5 Å². The zero-order chi connectivity index (χ0) is 19.1. The van der Waals surface area contributed by atoms with Crippen LogP contribution in [0.2, 0.25) is 5.02 Å². The van der Waals surface area contributed by atoms with Crippen LogP contribution in [0.15, 0.2) is 42.5 Å². The molecule has 0 fully saturated rings. The zero-order valence-electron chi connectivity index (χ0n) is 15.7. The van der Waals surface area contributed by atoms with E-state index in [2.05, 4.69) is 31.3 Å². The van der Waals surface area contributed by atoms with Crippen molar-refractivity contribution in [2.45, 2.75) is 39.7 Å². The number of rotatable bonds is 8. The lowest BCUT2D eigenvalue weighted by Crippen LogP contribution is -2.38. The lowest BCUT2D eigenvalue weighted by Gasteiger charge is -2.19. The molecule has 1 N–H and O–H groups in total. The van der Waals surface area contributed by atoms with E-state index in [-0.39, 0.29) is 5.91 Å². The Balaban J connectivity index is 1.84. The van der Waals surface area contributed by atoms with Gasteiger partial charge in [-0.2, -0.15) is 0 Å². The molecule has 2 aromatic carbocycles. The maximum atomic E-state index is 12.3. The molecule has 1 atom stereocenters. The van der Waals surface area contributed by atoms with Crippen molar-refractivity contribution in [1.82, 2.24) is 5.32 Å². The number of nitrogens with one attached hydrogen (secondary N) is 1. The van der Waals surface area contributed by atoms with E-state index in [9.17, 15) is 4.79 Å². The maximum Gasteiger partial charge on any atom is 0.260 e. The van der Waals surface area contributed by atoms with E-state index in [0.29, 0.717) is 29.8 Å². The van der Waals surface area contributed by atoms with Gasteiger partial charge in [-0.3, -0.25) is 4.79 Å². The van der Waals surface area contributed by atoms with E-state index >= 15 is 0 Å². The summed E-state index contributed by atoms with van der Waals surface area (Å²) in [5.41, 5.74) is 2.20. The third kappa shape index (κ3) is 5.67. The molecule has 26 heavy (non-hydrogen) atoms. The van der Waals surface area contributed by atoms with Crippen molar-refractivity contribution in [3.05, 3.63) is 58.6 Å². The molecule has 0 heterocycles. The Bertz CT molecular complexity index is 746. The largest absolute Gasteiger partial charge is 0.490 e. The summed E-state index contributed by atoms with van der Waals surface area (Å²) in [6.07, 6.45) is -0.588. The second-order valence-corrected chi connectivity index (χ2v) is 6.93. The summed E-state index contributed by atoms with van der Waals surface area (Å²) in [7, 11) is 0. The van der Waals surface area contributed by atoms with Gasteiger partial charge in [0.25, 0.3) is 5.91 Å². The normalized spacial score (nSPS) is 11.9. The first kappa shape index (κ1) is 20.1. The maximum absolute atomic E-state index is 12.3. The van der Waals surface area contributed by atoms with Crippen LogP contribution in [-0.4, -0.2) is 25.2 Å². The van der Waals surface area contributed by atoms with Crippen LogP contribution in [0.4, 0.5) is 0 Å². The third-order valence-electron chi connectivity index (χ3n) is 3.96. The summed E-state index contributed by atoms with van der Waals surface area (Å²) in [4.78, 5) is 12.3. The zero-order valence-corrected chi connectivity index (χ0v) is 16.5. The smallest absolute Gasteiger partial charge is 0.260 e. The Kier molecular flexibility index (Phi) is 7.34. The van der Waals surface area contributed by atoms with Gasteiger partial charge in [0, 0.05) is 0 Å². The second-order valence-electron chi connectivity index (χ2n) is 6.53. The van der Waals surface area contributed by atoms with Crippen molar-refractivity contribution in [2.24, 2.45) is 0 Å². The Morgan fingerprint density at radius 1 is 1.12 bits per heavy atom. The molecule has 2 aromatic rings. The van der Waals surface area contributed by atoms with Crippen LogP contribution in [0, 0.1) is 6.92 Å². The van der Waals surface area contributed by atoms with Crippen molar-refractivity contribution in [1.29, 1.82) is 0 Å². The van der Waals surface area contributed by atoms with Crippen molar-refractivity contribution in [3.63, 3.8) is 0 Å². The van der Waals surface area contributed by atoms with Gasteiger partial charge in [0.05, 0.1) is 11.6 Å². The predicted molar refractivity (Wildman–Crippen MR) is 105 cm³/mol. The molecule has 0 saturated carbocycles. The van der Waals surface area contributed by atoms with Crippen LogP contribution in [0.3, 0.4) is 0 Å². The molecular weight excluding hydrogens is 350 g/mol. The fraction of sp³-hybridized carbons (Fsp3) is 0.381. The first-order valence-corrected chi connectivity index (χ1v) is 9.18. The highest BCUT2D eigenvalue weighted by atomic mass is 35.5. The molecule has 0 saturated heterocycles. The van der Waals surface area contributed by atoms with Gasteiger partial charge in [-0.15, -0.1) is 0 Å². The highest BCUT2D eigenvalue weighted by Gasteiger charge is 2.17. The van der Waals surface area contributed by atoms with Gasteiger partial charge < -0.3 is 14.8 Å². The van der Waals surface area contributed by atoms with Crippen molar-refractivity contribution in [3.8, 4) is 11.5 Å². The summed E-state index contributed by atoms with van der Waals surface area (Å²) >= 11 is 6.03. The van der Waals surface area contributed by atoms with Crippen molar-refractivity contribution < 1.29 is 14.3 Å². The molecule has 140 valence electrons. The van der Waals surface area contributed by atoms with Gasteiger partial charge in [0.2, 0.25) is 0 Å². The second kappa shape index (κ2) is 9.48. The van der Waals surface area contributed by atoms with E-state index in [4.69, 9.17) is 21.1 Å². The molecule has 0 bridgehead atoms. The number of ether oxygens (including phenoxy) is 2. The van der Waals surface area contributed by atoms with E-state index in [1.807, 2.05) is 25.1 Å². The Morgan fingerprint density at radius 3 is 2.54 bits per heavy atom. The van der Waals surface area contributed by atoms with Gasteiger partial charge in [-0.25, -0.2) is 0 Å². The minimum atomic E-state index is -0.588. The van der Waals surface area contributed by atoms with Crippen LogP contribution in [-0.2, 0) is 4.79 Å². The molecule has 0 spiro atoms. The fourth-order valence-corrected chi connectivity index (χ4v) is 2.70. The number of hydrogen-bond donors (Lipinski definition) is 1. The van der Waals surface area contributed by atoms with Gasteiger partial charge >= 0.3 is 0 Å². The molecule has 4 nitrogen and oxygen atoms in total. The Labute approximate surface area is 160 Å². The number of carbonyl (C=O) groups is 1. The standard InChI is InChI=1S/C21H26ClNO3/c1-14(2)17-10-9-15(3)13-20(17)26-16(4)21(24)23-11-12-25-19-8-6-5-7-18(19)22/h5-10,13-14,16H,11-12H2,1-4H3,(H,23,24). The number of hydrogen-bond acceptors (Lipinski definition) is 3. The molecule has 1 unspecified atom stereocenters. The molecule has 0 aliphatic carbocycles. The quantitative estimate of drug-likeness (QED) is 0.678. The average Bonchev–Trinajstić information content (AvgIpc) is 2.59. The van der Waals surface area contributed by atoms with Gasteiger partial charge in [0.1, 0.15) is 18.1 Å². The molecule has 1 amide bonds. The molecule has 0 aliphatic heterocycles. The molecule has 0 radical (unpaired) electrons. The van der Waals surface area contributed by atoms with E-state index in [1.54, 1.807) is 19.1 Å². The lowest BCUT2D eigenvalue weighted by molar-refractivity contribution is -0.127. The summed E-state index contributed by atoms with van der Waals surface area (Å²) in [5, 5.41) is 3.38.